The minimum Gasteiger partial charge on any atom is -0.441 e. The van der Waals surface area contributed by atoms with Crippen molar-refractivity contribution in [3.8, 4) is 11.5 Å². The molecule has 2 rings (SSSR count). The van der Waals surface area contributed by atoms with Gasteiger partial charge in [-0.3, -0.25) is 9.00 Å². The largest absolute Gasteiger partial charge is 0.441 e. The Balaban J connectivity index is 2.01. The van der Waals surface area contributed by atoms with Crippen LogP contribution in [0.5, 0.6) is 0 Å². The van der Waals surface area contributed by atoms with Crippen molar-refractivity contribution >= 4 is 16.7 Å². The summed E-state index contributed by atoms with van der Waals surface area (Å²) < 4.78 is 17.9. The summed E-state index contributed by atoms with van der Waals surface area (Å²) in [5.74, 6) is 1.17. The number of rotatable bonds is 7. The van der Waals surface area contributed by atoms with Crippen molar-refractivity contribution < 1.29 is 13.4 Å². The van der Waals surface area contributed by atoms with Gasteiger partial charge >= 0.3 is 0 Å². The van der Waals surface area contributed by atoms with Gasteiger partial charge in [0.1, 0.15) is 11.5 Å². The molecule has 1 heterocycles. The molecule has 0 fully saturated rings. The van der Waals surface area contributed by atoms with E-state index in [4.69, 9.17) is 4.42 Å². The summed E-state index contributed by atoms with van der Waals surface area (Å²) in [5.41, 5.74) is 2.69. The van der Waals surface area contributed by atoms with E-state index in [1.54, 1.807) is 6.92 Å². The van der Waals surface area contributed by atoms with Crippen molar-refractivity contribution in [3.05, 3.63) is 41.3 Å². The zero-order valence-electron chi connectivity index (χ0n) is 14.6. The van der Waals surface area contributed by atoms with Gasteiger partial charge in [-0.15, -0.1) is 0 Å². The van der Waals surface area contributed by atoms with E-state index in [1.165, 1.54) is 0 Å². The van der Waals surface area contributed by atoms with Crippen LogP contribution in [0.25, 0.3) is 11.5 Å². The fraction of sp³-hybridized carbons (Fsp3) is 0.444. The number of nitrogens with one attached hydrogen (secondary N) is 1. The summed E-state index contributed by atoms with van der Waals surface area (Å²) in [6.07, 6.45) is 0.848. The van der Waals surface area contributed by atoms with Gasteiger partial charge in [0.15, 0.2) is 0 Å². The monoisotopic (exact) mass is 348 g/mol. The molecule has 1 aromatic heterocycles. The molecule has 0 radical (unpaired) electrons. The number of benzene rings is 1. The minimum atomic E-state index is -1.31. The molecule has 0 aliphatic heterocycles. The lowest BCUT2D eigenvalue weighted by Gasteiger charge is -2.10. The molecule has 6 heteroatoms. The second kappa shape index (κ2) is 8.24. The molecule has 0 saturated heterocycles. The zero-order chi connectivity index (χ0) is 17.7. The molecule has 5 nitrogen and oxygen atoms in total. The van der Waals surface area contributed by atoms with Gasteiger partial charge in [0.2, 0.25) is 11.8 Å². The highest BCUT2D eigenvalue weighted by molar-refractivity contribution is 7.84. The van der Waals surface area contributed by atoms with Crippen molar-refractivity contribution in [2.24, 2.45) is 0 Å². The smallest absolute Gasteiger partial charge is 0.232 e. The molecule has 0 bridgehead atoms. The van der Waals surface area contributed by atoms with Crippen LogP contribution in [0.4, 0.5) is 0 Å². The first-order valence-corrected chi connectivity index (χ1v) is 9.55. The predicted molar refractivity (Wildman–Crippen MR) is 96.0 cm³/mol. The highest BCUT2D eigenvalue weighted by Crippen LogP contribution is 2.22. The Morgan fingerprint density at radius 2 is 1.96 bits per heavy atom. The minimum absolute atomic E-state index is 0.0174. The Kier molecular flexibility index (Phi) is 6.31. The molecule has 1 N–H and O–H groups in total. The van der Waals surface area contributed by atoms with Gasteiger partial charge in [-0.2, -0.15) is 0 Å². The molecule has 1 amide bonds. The SMILES string of the molecule is CC[C@@H](C)NC(=O)C[S@@](=O)Cc1nc(-c2ccc(C)cc2)oc1C. The number of oxazole rings is 1. The molecular weight excluding hydrogens is 324 g/mol. The van der Waals surface area contributed by atoms with Gasteiger partial charge in [-0.1, -0.05) is 24.6 Å². The van der Waals surface area contributed by atoms with E-state index >= 15 is 0 Å². The lowest BCUT2D eigenvalue weighted by molar-refractivity contribution is -0.119. The van der Waals surface area contributed by atoms with E-state index in [1.807, 2.05) is 45.0 Å². The first-order chi connectivity index (χ1) is 11.4. The quantitative estimate of drug-likeness (QED) is 0.834. The number of carbonyl (C=O) groups excluding carboxylic acids is 1. The molecule has 2 aromatic rings. The first-order valence-electron chi connectivity index (χ1n) is 8.06. The van der Waals surface area contributed by atoms with Gasteiger partial charge in [0.25, 0.3) is 0 Å². The van der Waals surface area contributed by atoms with Crippen LogP contribution in [0.2, 0.25) is 0 Å². The van der Waals surface area contributed by atoms with Crippen LogP contribution >= 0.6 is 0 Å². The van der Waals surface area contributed by atoms with Crippen LogP contribution in [-0.4, -0.2) is 26.9 Å². The van der Waals surface area contributed by atoms with Gasteiger partial charge < -0.3 is 9.73 Å². The van der Waals surface area contributed by atoms with Crippen LogP contribution in [0.3, 0.4) is 0 Å². The molecule has 0 saturated carbocycles. The van der Waals surface area contributed by atoms with Crippen LogP contribution in [0.1, 0.15) is 37.3 Å². The average molecular weight is 348 g/mol. The van der Waals surface area contributed by atoms with E-state index in [9.17, 15) is 9.00 Å². The molecule has 24 heavy (non-hydrogen) atoms. The predicted octanol–water partition coefficient (Wildman–Crippen LogP) is 3.12. The van der Waals surface area contributed by atoms with Crippen LogP contribution in [0, 0.1) is 13.8 Å². The Morgan fingerprint density at radius 3 is 2.58 bits per heavy atom. The average Bonchev–Trinajstić information content (AvgIpc) is 2.88. The Labute approximate surface area is 145 Å². The summed E-state index contributed by atoms with van der Waals surface area (Å²) in [4.78, 5) is 16.3. The Hall–Kier alpha value is -1.95. The summed E-state index contributed by atoms with van der Waals surface area (Å²) >= 11 is 0. The molecular formula is C18H24N2O3S. The van der Waals surface area contributed by atoms with Crippen LogP contribution in [0.15, 0.2) is 28.7 Å². The maximum absolute atomic E-state index is 12.2. The van der Waals surface area contributed by atoms with Gasteiger partial charge in [0.05, 0.1) is 11.4 Å². The second-order valence-electron chi connectivity index (χ2n) is 5.99. The van der Waals surface area contributed by atoms with Crippen molar-refractivity contribution in [2.45, 2.75) is 45.9 Å². The number of aryl methyl sites for hydroxylation is 2. The van der Waals surface area contributed by atoms with Gasteiger partial charge in [-0.25, -0.2) is 4.98 Å². The molecule has 2 atom stereocenters. The Morgan fingerprint density at radius 1 is 1.29 bits per heavy atom. The highest BCUT2D eigenvalue weighted by atomic mass is 32.2. The number of aromatic nitrogens is 1. The molecule has 0 aliphatic carbocycles. The van der Waals surface area contributed by atoms with E-state index in [0.29, 0.717) is 17.3 Å². The second-order valence-corrected chi connectivity index (χ2v) is 7.45. The number of amides is 1. The fourth-order valence-electron chi connectivity index (χ4n) is 2.15. The number of carbonyl (C=O) groups is 1. The zero-order valence-corrected chi connectivity index (χ0v) is 15.4. The normalized spacial score (nSPS) is 13.5. The standard InChI is InChI=1S/C18H24N2O3S/c1-5-13(3)19-17(21)11-24(22)10-16-14(4)23-18(20-16)15-8-6-12(2)7-9-15/h6-9,13H,5,10-11H2,1-4H3,(H,19,21)/t13-,24+/m1/s1. The summed E-state index contributed by atoms with van der Waals surface area (Å²) in [5, 5.41) is 2.82. The maximum Gasteiger partial charge on any atom is 0.232 e. The maximum atomic E-state index is 12.2. The van der Waals surface area contributed by atoms with E-state index < -0.39 is 10.8 Å². The molecule has 0 unspecified atom stereocenters. The summed E-state index contributed by atoms with van der Waals surface area (Å²) in [6.45, 7) is 7.74. The van der Waals surface area contributed by atoms with Crippen LogP contribution in [-0.2, 0) is 21.3 Å². The third-order valence-electron chi connectivity index (χ3n) is 3.80. The van der Waals surface area contributed by atoms with Gasteiger partial charge in [0, 0.05) is 22.4 Å². The third-order valence-corrected chi connectivity index (χ3v) is 4.98. The van der Waals surface area contributed by atoms with Gasteiger partial charge in [-0.05, 0) is 39.3 Å². The molecule has 0 aliphatic rings. The number of nitrogens with zero attached hydrogens (tertiary/aromatic N) is 1. The van der Waals surface area contributed by atoms with E-state index in [-0.39, 0.29) is 23.5 Å². The van der Waals surface area contributed by atoms with E-state index in [0.717, 1.165) is 17.5 Å². The first kappa shape index (κ1) is 18.4. The van der Waals surface area contributed by atoms with E-state index in [2.05, 4.69) is 10.3 Å². The lowest BCUT2D eigenvalue weighted by Crippen LogP contribution is -2.35. The number of hydrogen-bond donors (Lipinski definition) is 1. The topological polar surface area (TPSA) is 72.2 Å². The summed E-state index contributed by atoms with van der Waals surface area (Å²) in [6, 6.07) is 7.97. The molecule has 130 valence electrons. The van der Waals surface area contributed by atoms with Crippen molar-refractivity contribution in [2.75, 3.05) is 5.75 Å². The van der Waals surface area contributed by atoms with Crippen molar-refractivity contribution in [1.29, 1.82) is 0 Å². The lowest BCUT2D eigenvalue weighted by atomic mass is 10.1. The summed E-state index contributed by atoms with van der Waals surface area (Å²) in [7, 11) is -1.31. The molecule has 1 aromatic carbocycles. The van der Waals surface area contributed by atoms with Crippen molar-refractivity contribution in [1.82, 2.24) is 10.3 Å². The highest BCUT2D eigenvalue weighted by Gasteiger charge is 2.16. The Bertz CT molecular complexity index is 722. The van der Waals surface area contributed by atoms with Crippen molar-refractivity contribution in [3.63, 3.8) is 0 Å². The van der Waals surface area contributed by atoms with Crippen LogP contribution < -0.4 is 5.32 Å². The fourth-order valence-corrected chi connectivity index (χ4v) is 3.20. The third kappa shape index (κ3) is 5.03. The number of hydrogen-bond acceptors (Lipinski definition) is 4. The molecule has 0 spiro atoms.